The lowest BCUT2D eigenvalue weighted by Gasteiger charge is -2.09. The Balaban J connectivity index is 2.05. The van der Waals surface area contributed by atoms with Crippen LogP contribution in [0.2, 0.25) is 0 Å². The normalized spacial score (nSPS) is 10.4. The van der Waals surface area contributed by atoms with E-state index >= 15 is 0 Å². The Morgan fingerprint density at radius 2 is 1.95 bits per heavy atom. The molecular formula is C15H16BrNO3. The van der Waals surface area contributed by atoms with Crippen molar-refractivity contribution >= 4 is 27.6 Å². The van der Waals surface area contributed by atoms with Crippen molar-refractivity contribution in [3.05, 3.63) is 51.4 Å². The molecule has 1 aromatic carbocycles. The summed E-state index contributed by atoms with van der Waals surface area (Å²) in [7, 11) is 1.33. The molecule has 0 atom stereocenters. The van der Waals surface area contributed by atoms with Crippen LogP contribution in [0.25, 0.3) is 0 Å². The number of carbonyl (C=O) groups excluding carboxylic acids is 1. The van der Waals surface area contributed by atoms with Crippen molar-refractivity contribution in [2.24, 2.45) is 0 Å². The largest absolute Gasteiger partial charge is 0.463 e. The van der Waals surface area contributed by atoms with Gasteiger partial charge in [-0.2, -0.15) is 0 Å². The standard InChI is InChI=1S/C15H16BrNO3/c1-9-6-11(7-10(2)14(9)16)17-8-12-4-5-13(20-12)15(18)19-3/h4-7,17H,8H2,1-3H3. The molecule has 0 aliphatic heterocycles. The number of furan rings is 1. The van der Waals surface area contributed by atoms with Gasteiger partial charge in [0.2, 0.25) is 5.76 Å². The number of esters is 1. The Labute approximate surface area is 126 Å². The van der Waals surface area contributed by atoms with Crippen LogP contribution in [0.1, 0.15) is 27.4 Å². The molecule has 0 fully saturated rings. The van der Waals surface area contributed by atoms with Gasteiger partial charge in [0.15, 0.2) is 0 Å². The fraction of sp³-hybridized carbons (Fsp3) is 0.267. The molecule has 0 aliphatic rings. The van der Waals surface area contributed by atoms with Gasteiger partial charge in [-0.1, -0.05) is 15.9 Å². The highest BCUT2D eigenvalue weighted by molar-refractivity contribution is 9.10. The molecule has 1 aromatic heterocycles. The zero-order valence-corrected chi connectivity index (χ0v) is 13.2. The molecular weight excluding hydrogens is 322 g/mol. The van der Waals surface area contributed by atoms with Gasteiger partial charge in [0.1, 0.15) is 5.76 Å². The molecule has 20 heavy (non-hydrogen) atoms. The number of aryl methyl sites for hydroxylation is 2. The maximum Gasteiger partial charge on any atom is 0.373 e. The number of benzene rings is 1. The van der Waals surface area contributed by atoms with E-state index in [9.17, 15) is 4.79 Å². The SMILES string of the molecule is COC(=O)c1ccc(CNc2cc(C)c(Br)c(C)c2)o1. The van der Waals surface area contributed by atoms with Crippen molar-refractivity contribution in [3.8, 4) is 0 Å². The van der Waals surface area contributed by atoms with E-state index in [1.807, 2.05) is 13.8 Å². The summed E-state index contributed by atoms with van der Waals surface area (Å²) >= 11 is 3.54. The highest BCUT2D eigenvalue weighted by Crippen LogP contribution is 2.25. The van der Waals surface area contributed by atoms with Crippen LogP contribution in [0.3, 0.4) is 0 Å². The monoisotopic (exact) mass is 337 g/mol. The smallest absolute Gasteiger partial charge is 0.373 e. The zero-order chi connectivity index (χ0) is 14.7. The number of hydrogen-bond donors (Lipinski definition) is 1. The van der Waals surface area contributed by atoms with Gasteiger partial charge in [-0.15, -0.1) is 0 Å². The molecule has 5 heteroatoms. The molecule has 0 aliphatic carbocycles. The van der Waals surface area contributed by atoms with Crippen LogP contribution < -0.4 is 5.32 Å². The van der Waals surface area contributed by atoms with Gasteiger partial charge in [-0.3, -0.25) is 0 Å². The number of halogens is 1. The van der Waals surface area contributed by atoms with Gasteiger partial charge in [-0.05, 0) is 49.2 Å². The van der Waals surface area contributed by atoms with Crippen molar-refractivity contribution in [2.75, 3.05) is 12.4 Å². The molecule has 2 aromatic rings. The highest BCUT2D eigenvalue weighted by atomic mass is 79.9. The Bertz CT molecular complexity index is 611. The molecule has 0 spiro atoms. The van der Waals surface area contributed by atoms with Crippen LogP contribution in [-0.4, -0.2) is 13.1 Å². The molecule has 4 nitrogen and oxygen atoms in total. The van der Waals surface area contributed by atoms with E-state index < -0.39 is 5.97 Å². The van der Waals surface area contributed by atoms with E-state index in [2.05, 4.69) is 38.1 Å². The van der Waals surface area contributed by atoms with Crippen molar-refractivity contribution < 1.29 is 13.9 Å². The third-order valence-electron chi connectivity index (χ3n) is 2.95. The van der Waals surface area contributed by atoms with E-state index in [0.29, 0.717) is 12.3 Å². The lowest BCUT2D eigenvalue weighted by Crippen LogP contribution is -2.00. The van der Waals surface area contributed by atoms with Crippen molar-refractivity contribution in [1.82, 2.24) is 0 Å². The van der Waals surface area contributed by atoms with Gasteiger partial charge in [-0.25, -0.2) is 4.79 Å². The molecule has 2 rings (SSSR count). The molecule has 1 heterocycles. The van der Waals surface area contributed by atoms with Crippen molar-refractivity contribution in [1.29, 1.82) is 0 Å². The summed E-state index contributed by atoms with van der Waals surface area (Å²) in [6, 6.07) is 7.49. The first-order chi connectivity index (χ1) is 9.51. The Kier molecular flexibility index (Phi) is 4.49. The highest BCUT2D eigenvalue weighted by Gasteiger charge is 2.11. The van der Waals surface area contributed by atoms with Crippen molar-refractivity contribution in [3.63, 3.8) is 0 Å². The van der Waals surface area contributed by atoms with Crippen LogP contribution in [-0.2, 0) is 11.3 Å². The summed E-state index contributed by atoms with van der Waals surface area (Å²) < 4.78 is 11.1. The maximum absolute atomic E-state index is 11.3. The van der Waals surface area contributed by atoms with Gasteiger partial charge >= 0.3 is 5.97 Å². The molecule has 106 valence electrons. The van der Waals surface area contributed by atoms with Crippen molar-refractivity contribution in [2.45, 2.75) is 20.4 Å². The number of hydrogen-bond acceptors (Lipinski definition) is 4. The molecule has 0 saturated heterocycles. The van der Waals surface area contributed by atoms with E-state index in [1.54, 1.807) is 12.1 Å². The Hall–Kier alpha value is -1.75. The minimum absolute atomic E-state index is 0.215. The summed E-state index contributed by atoms with van der Waals surface area (Å²) in [5, 5.41) is 3.27. The molecule has 0 unspecified atom stereocenters. The minimum Gasteiger partial charge on any atom is -0.463 e. The fourth-order valence-electron chi connectivity index (χ4n) is 1.92. The van der Waals surface area contributed by atoms with Crippen LogP contribution >= 0.6 is 15.9 Å². The van der Waals surface area contributed by atoms with Gasteiger partial charge in [0, 0.05) is 10.2 Å². The molecule has 0 radical (unpaired) electrons. The summed E-state index contributed by atoms with van der Waals surface area (Å²) in [6.45, 7) is 4.60. The van der Waals surface area contributed by atoms with Crippen LogP contribution in [0, 0.1) is 13.8 Å². The first-order valence-corrected chi connectivity index (χ1v) is 6.98. The summed E-state index contributed by atoms with van der Waals surface area (Å²) in [6.07, 6.45) is 0. The lowest BCUT2D eigenvalue weighted by atomic mass is 10.1. The third-order valence-corrected chi connectivity index (χ3v) is 4.20. The topological polar surface area (TPSA) is 51.5 Å². The van der Waals surface area contributed by atoms with Crippen LogP contribution in [0.5, 0.6) is 0 Å². The number of anilines is 1. The van der Waals surface area contributed by atoms with Gasteiger partial charge < -0.3 is 14.5 Å². The predicted molar refractivity (Wildman–Crippen MR) is 81.0 cm³/mol. The lowest BCUT2D eigenvalue weighted by molar-refractivity contribution is 0.0563. The number of carbonyl (C=O) groups is 1. The summed E-state index contributed by atoms with van der Waals surface area (Å²) in [4.78, 5) is 11.3. The number of ether oxygens (including phenoxy) is 1. The van der Waals surface area contributed by atoms with E-state index in [1.165, 1.54) is 18.2 Å². The zero-order valence-electron chi connectivity index (χ0n) is 11.6. The molecule has 0 bridgehead atoms. The van der Waals surface area contributed by atoms with Gasteiger partial charge in [0.05, 0.1) is 13.7 Å². The Morgan fingerprint density at radius 1 is 1.30 bits per heavy atom. The number of rotatable bonds is 4. The van der Waals surface area contributed by atoms with Crippen LogP contribution in [0.15, 0.2) is 33.2 Å². The number of nitrogens with one attached hydrogen (secondary N) is 1. The second-order valence-corrected chi connectivity index (χ2v) is 5.33. The molecule has 0 amide bonds. The maximum atomic E-state index is 11.3. The quantitative estimate of drug-likeness (QED) is 0.855. The predicted octanol–water partition coefficient (Wildman–Crippen LogP) is 4.06. The third kappa shape index (κ3) is 3.22. The average Bonchev–Trinajstić information content (AvgIpc) is 2.90. The molecule has 0 saturated carbocycles. The number of methoxy groups -OCH3 is 1. The van der Waals surface area contributed by atoms with E-state index in [-0.39, 0.29) is 5.76 Å². The van der Waals surface area contributed by atoms with Gasteiger partial charge in [0.25, 0.3) is 0 Å². The minimum atomic E-state index is -0.466. The van der Waals surface area contributed by atoms with Crippen LogP contribution in [0.4, 0.5) is 5.69 Å². The summed E-state index contributed by atoms with van der Waals surface area (Å²) in [5.74, 6) is 0.433. The average molecular weight is 338 g/mol. The van der Waals surface area contributed by atoms with E-state index in [4.69, 9.17) is 4.42 Å². The Morgan fingerprint density at radius 3 is 2.55 bits per heavy atom. The molecule has 1 N–H and O–H groups in total. The first kappa shape index (κ1) is 14.7. The second kappa shape index (κ2) is 6.13. The summed E-state index contributed by atoms with van der Waals surface area (Å²) in [5.41, 5.74) is 3.35. The van der Waals surface area contributed by atoms with E-state index in [0.717, 1.165) is 10.2 Å². The fourth-order valence-corrected chi connectivity index (χ4v) is 2.15. The first-order valence-electron chi connectivity index (χ1n) is 6.19. The second-order valence-electron chi connectivity index (χ2n) is 4.54.